The number of carbonyl (C=O) groups excluding carboxylic acids is 1. The standard InChI is InChI=1S/C16H21N5O2/c1-2-4-14-18-16(20-19-14)13-11-21(7-8-23-13)15(22)9-12-5-3-6-17-10-12/h3,5-6,10,13H,2,4,7-9,11H2,1H3,(H,18,19,20)/t13-/m1/s1. The molecule has 3 heterocycles. The summed E-state index contributed by atoms with van der Waals surface area (Å²) in [5.74, 6) is 1.58. The molecular formula is C16H21N5O2. The Kier molecular flexibility index (Phi) is 4.97. The molecule has 23 heavy (non-hydrogen) atoms. The summed E-state index contributed by atoms with van der Waals surface area (Å²) in [5.41, 5.74) is 0.920. The minimum Gasteiger partial charge on any atom is -0.366 e. The molecule has 0 spiro atoms. The van der Waals surface area contributed by atoms with Crippen LogP contribution in [-0.2, 0) is 22.4 Å². The van der Waals surface area contributed by atoms with Crippen LogP contribution in [0.5, 0.6) is 0 Å². The average Bonchev–Trinajstić information content (AvgIpc) is 3.05. The predicted molar refractivity (Wildman–Crippen MR) is 83.6 cm³/mol. The van der Waals surface area contributed by atoms with Gasteiger partial charge in [0.05, 0.1) is 19.6 Å². The lowest BCUT2D eigenvalue weighted by molar-refractivity contribution is -0.138. The number of pyridine rings is 1. The highest BCUT2D eigenvalue weighted by molar-refractivity contribution is 5.78. The van der Waals surface area contributed by atoms with Crippen LogP contribution in [0.1, 0.15) is 36.7 Å². The number of nitrogens with zero attached hydrogens (tertiary/aromatic N) is 4. The second kappa shape index (κ2) is 7.32. The second-order valence-electron chi connectivity index (χ2n) is 5.63. The van der Waals surface area contributed by atoms with Crippen molar-refractivity contribution in [1.82, 2.24) is 25.1 Å². The molecule has 1 saturated heterocycles. The van der Waals surface area contributed by atoms with Crippen LogP contribution in [0, 0.1) is 0 Å². The summed E-state index contributed by atoms with van der Waals surface area (Å²) in [6.07, 6.45) is 5.40. The van der Waals surface area contributed by atoms with Gasteiger partial charge < -0.3 is 9.64 Å². The first kappa shape index (κ1) is 15.6. The summed E-state index contributed by atoms with van der Waals surface area (Å²) in [4.78, 5) is 22.8. The maximum Gasteiger partial charge on any atom is 0.227 e. The number of nitrogens with one attached hydrogen (secondary N) is 1. The van der Waals surface area contributed by atoms with Crippen molar-refractivity contribution in [2.24, 2.45) is 0 Å². The summed E-state index contributed by atoms with van der Waals surface area (Å²) < 4.78 is 5.73. The third-order valence-corrected chi connectivity index (χ3v) is 3.82. The molecule has 1 aliphatic rings. The number of hydrogen-bond donors (Lipinski definition) is 1. The first-order valence-corrected chi connectivity index (χ1v) is 7.95. The fraction of sp³-hybridized carbons (Fsp3) is 0.500. The molecule has 122 valence electrons. The molecule has 2 aromatic heterocycles. The normalized spacial score (nSPS) is 18.1. The van der Waals surface area contributed by atoms with E-state index in [1.165, 1.54) is 0 Å². The first-order chi connectivity index (χ1) is 11.3. The number of hydrogen-bond acceptors (Lipinski definition) is 5. The molecule has 0 aliphatic carbocycles. The Morgan fingerprint density at radius 2 is 2.43 bits per heavy atom. The van der Waals surface area contributed by atoms with Gasteiger partial charge >= 0.3 is 0 Å². The number of ether oxygens (including phenoxy) is 1. The Bertz CT molecular complexity index is 643. The van der Waals surface area contributed by atoms with Crippen LogP contribution in [0.15, 0.2) is 24.5 Å². The Morgan fingerprint density at radius 1 is 1.52 bits per heavy atom. The Labute approximate surface area is 135 Å². The summed E-state index contributed by atoms with van der Waals surface area (Å²) >= 11 is 0. The van der Waals surface area contributed by atoms with Gasteiger partial charge in [-0.05, 0) is 18.1 Å². The first-order valence-electron chi connectivity index (χ1n) is 7.95. The van der Waals surface area contributed by atoms with E-state index < -0.39 is 0 Å². The lowest BCUT2D eigenvalue weighted by atomic mass is 10.1. The Balaban J connectivity index is 1.62. The molecule has 0 aromatic carbocycles. The van der Waals surface area contributed by atoms with Crippen molar-refractivity contribution >= 4 is 5.91 Å². The summed E-state index contributed by atoms with van der Waals surface area (Å²) in [5, 5.41) is 7.16. The van der Waals surface area contributed by atoms with Gasteiger partial charge in [-0.2, -0.15) is 5.10 Å². The van der Waals surface area contributed by atoms with E-state index in [9.17, 15) is 4.79 Å². The zero-order chi connectivity index (χ0) is 16.1. The molecule has 3 rings (SSSR count). The third kappa shape index (κ3) is 3.92. The maximum atomic E-state index is 12.4. The Hall–Kier alpha value is -2.28. The van der Waals surface area contributed by atoms with Gasteiger partial charge in [0.15, 0.2) is 5.82 Å². The summed E-state index contributed by atoms with van der Waals surface area (Å²) in [7, 11) is 0. The number of morpholine rings is 1. The van der Waals surface area contributed by atoms with E-state index in [0.717, 1.165) is 24.2 Å². The van der Waals surface area contributed by atoms with Crippen LogP contribution in [0.4, 0.5) is 0 Å². The van der Waals surface area contributed by atoms with Crippen LogP contribution < -0.4 is 0 Å². The van der Waals surface area contributed by atoms with Crippen molar-refractivity contribution in [3.05, 3.63) is 41.7 Å². The lowest BCUT2D eigenvalue weighted by Crippen LogP contribution is -2.43. The fourth-order valence-electron chi connectivity index (χ4n) is 2.62. The van der Waals surface area contributed by atoms with Crippen molar-refractivity contribution in [1.29, 1.82) is 0 Å². The van der Waals surface area contributed by atoms with Crippen LogP contribution >= 0.6 is 0 Å². The van der Waals surface area contributed by atoms with E-state index in [0.29, 0.717) is 31.9 Å². The minimum absolute atomic E-state index is 0.0793. The van der Waals surface area contributed by atoms with E-state index in [2.05, 4.69) is 27.1 Å². The van der Waals surface area contributed by atoms with Gasteiger partial charge in [-0.1, -0.05) is 13.0 Å². The molecule has 7 nitrogen and oxygen atoms in total. The number of rotatable bonds is 5. The van der Waals surface area contributed by atoms with Crippen LogP contribution in [0.3, 0.4) is 0 Å². The largest absolute Gasteiger partial charge is 0.366 e. The summed E-state index contributed by atoms with van der Waals surface area (Å²) in [6, 6.07) is 3.75. The molecule has 1 amide bonds. The molecule has 1 N–H and O–H groups in total. The van der Waals surface area contributed by atoms with Crippen molar-refractivity contribution in [2.75, 3.05) is 19.7 Å². The average molecular weight is 315 g/mol. The second-order valence-corrected chi connectivity index (χ2v) is 5.63. The molecule has 0 radical (unpaired) electrons. The predicted octanol–water partition coefficient (Wildman–Crippen LogP) is 1.29. The van der Waals surface area contributed by atoms with Gasteiger partial charge in [0, 0.05) is 25.4 Å². The van der Waals surface area contributed by atoms with E-state index in [1.54, 1.807) is 12.4 Å². The van der Waals surface area contributed by atoms with Gasteiger partial charge in [-0.3, -0.25) is 14.9 Å². The molecule has 0 bridgehead atoms. The monoisotopic (exact) mass is 315 g/mol. The van der Waals surface area contributed by atoms with E-state index in [-0.39, 0.29) is 12.0 Å². The SMILES string of the molecule is CCCc1nc([C@H]2CN(C(=O)Cc3cccnc3)CCO2)n[nH]1. The molecule has 0 saturated carbocycles. The van der Waals surface area contributed by atoms with Gasteiger partial charge in [-0.25, -0.2) is 4.98 Å². The number of aryl methyl sites for hydroxylation is 1. The van der Waals surface area contributed by atoms with Crippen molar-refractivity contribution in [3.63, 3.8) is 0 Å². The zero-order valence-corrected chi connectivity index (χ0v) is 13.2. The Morgan fingerprint density at radius 3 is 3.22 bits per heavy atom. The van der Waals surface area contributed by atoms with Gasteiger partial charge in [0.2, 0.25) is 5.91 Å². The van der Waals surface area contributed by atoms with E-state index >= 15 is 0 Å². The van der Waals surface area contributed by atoms with Gasteiger partial charge in [-0.15, -0.1) is 0 Å². The molecule has 1 atom stereocenters. The highest BCUT2D eigenvalue weighted by Gasteiger charge is 2.28. The molecule has 7 heteroatoms. The number of carbonyl (C=O) groups is 1. The lowest BCUT2D eigenvalue weighted by Gasteiger charge is -2.31. The van der Waals surface area contributed by atoms with Crippen molar-refractivity contribution in [3.8, 4) is 0 Å². The smallest absolute Gasteiger partial charge is 0.227 e. The molecular weight excluding hydrogens is 294 g/mol. The van der Waals surface area contributed by atoms with Gasteiger partial charge in [0.1, 0.15) is 11.9 Å². The van der Waals surface area contributed by atoms with Gasteiger partial charge in [0.25, 0.3) is 0 Å². The summed E-state index contributed by atoms with van der Waals surface area (Å²) in [6.45, 7) is 3.68. The van der Waals surface area contributed by atoms with Crippen LogP contribution in [0.2, 0.25) is 0 Å². The number of H-pyrrole nitrogens is 1. The molecule has 1 aliphatic heterocycles. The number of aromatic nitrogens is 4. The molecule has 2 aromatic rings. The molecule has 1 fully saturated rings. The molecule has 0 unspecified atom stereocenters. The van der Waals surface area contributed by atoms with E-state index in [4.69, 9.17) is 4.74 Å². The number of amides is 1. The quantitative estimate of drug-likeness (QED) is 0.899. The van der Waals surface area contributed by atoms with Crippen molar-refractivity contribution in [2.45, 2.75) is 32.3 Å². The highest BCUT2D eigenvalue weighted by Crippen LogP contribution is 2.20. The third-order valence-electron chi connectivity index (χ3n) is 3.82. The minimum atomic E-state index is -0.261. The zero-order valence-electron chi connectivity index (χ0n) is 13.2. The van der Waals surface area contributed by atoms with Crippen LogP contribution in [0.25, 0.3) is 0 Å². The fourth-order valence-corrected chi connectivity index (χ4v) is 2.62. The number of aromatic amines is 1. The van der Waals surface area contributed by atoms with E-state index in [1.807, 2.05) is 17.0 Å². The maximum absolute atomic E-state index is 12.4. The highest BCUT2D eigenvalue weighted by atomic mass is 16.5. The van der Waals surface area contributed by atoms with Crippen molar-refractivity contribution < 1.29 is 9.53 Å². The van der Waals surface area contributed by atoms with Crippen LogP contribution in [-0.4, -0.2) is 50.7 Å². The topological polar surface area (TPSA) is 84.0 Å².